The molecule has 0 N–H and O–H groups in total. The number of esters is 2. The van der Waals surface area contributed by atoms with Gasteiger partial charge < -0.3 is 36.0 Å². The zero-order valence-corrected chi connectivity index (χ0v) is 25.4. The van der Waals surface area contributed by atoms with Crippen molar-refractivity contribution in [2.75, 3.05) is 55.9 Å². The van der Waals surface area contributed by atoms with E-state index in [0.29, 0.717) is 12.8 Å². The van der Waals surface area contributed by atoms with Gasteiger partial charge in [-0.05, 0) is 38.5 Å². The average molecular weight is 541 g/mol. The number of carbonyl (C=O) groups is 2. The van der Waals surface area contributed by atoms with Crippen molar-refractivity contribution in [2.24, 2.45) is 0 Å². The van der Waals surface area contributed by atoms with Crippen LogP contribution in [-0.4, -0.2) is 85.4 Å². The van der Waals surface area contributed by atoms with Crippen molar-refractivity contribution in [1.82, 2.24) is 0 Å². The molecule has 0 aromatic carbocycles. The van der Waals surface area contributed by atoms with Gasteiger partial charge in [-0.2, -0.15) is 0 Å². The van der Waals surface area contributed by atoms with Crippen LogP contribution in [0.15, 0.2) is 0 Å². The molecule has 0 heterocycles. The molecule has 0 aliphatic rings. The second-order valence-corrected chi connectivity index (χ2v) is 15.2. The van der Waals surface area contributed by atoms with Crippen LogP contribution in [0.4, 0.5) is 0 Å². The summed E-state index contributed by atoms with van der Waals surface area (Å²) in [6.45, 7) is 8.36. The van der Waals surface area contributed by atoms with E-state index < -0.39 is 46.0 Å². The molecule has 0 aromatic rings. The van der Waals surface area contributed by atoms with E-state index >= 15 is 0 Å². The quantitative estimate of drug-likeness (QED) is 0.127. The Morgan fingerprint density at radius 3 is 1.00 bits per heavy atom. The van der Waals surface area contributed by atoms with Crippen LogP contribution in [-0.2, 0) is 45.6 Å². The van der Waals surface area contributed by atoms with Gasteiger partial charge in [0.15, 0.2) is 0 Å². The highest BCUT2D eigenvalue weighted by atomic mass is 28.4. The minimum Gasteiger partial charge on any atom is -0.465 e. The Kier molecular flexibility index (Phi) is 15.7. The number of ether oxygens (including phenoxy) is 2. The molecule has 0 fully saturated rings. The van der Waals surface area contributed by atoms with E-state index in [2.05, 4.69) is 0 Å². The molecule has 0 saturated heterocycles. The van der Waals surface area contributed by atoms with Gasteiger partial charge in [0.1, 0.15) is 6.42 Å². The lowest BCUT2D eigenvalue weighted by molar-refractivity contribution is -0.155. The van der Waals surface area contributed by atoms with E-state index in [1.807, 2.05) is 27.7 Å². The molecule has 0 unspecified atom stereocenters. The summed E-state index contributed by atoms with van der Waals surface area (Å²) in [5, 5.41) is -0.813. The fourth-order valence-electron chi connectivity index (χ4n) is 5.12. The van der Waals surface area contributed by atoms with Gasteiger partial charge in [0.05, 0.1) is 13.2 Å². The third kappa shape index (κ3) is 7.57. The molecule has 0 saturated carbocycles. The summed E-state index contributed by atoms with van der Waals surface area (Å²) in [4.78, 5) is 24.6. The highest BCUT2D eigenvalue weighted by molar-refractivity contribution is 6.64. The molecule has 0 aromatic heterocycles. The lowest BCUT2D eigenvalue weighted by Crippen LogP contribution is -2.54. The first-order valence-corrected chi connectivity index (χ1v) is 15.7. The predicted molar refractivity (Wildman–Crippen MR) is 136 cm³/mol. The molecule has 0 bridgehead atoms. The van der Waals surface area contributed by atoms with Gasteiger partial charge in [-0.3, -0.25) is 9.59 Å². The van der Waals surface area contributed by atoms with Crippen LogP contribution in [0.3, 0.4) is 0 Å². The van der Waals surface area contributed by atoms with E-state index in [-0.39, 0.29) is 13.2 Å². The van der Waals surface area contributed by atoms with Gasteiger partial charge in [0.2, 0.25) is 0 Å². The summed E-state index contributed by atoms with van der Waals surface area (Å²) in [5.41, 5.74) is 0. The van der Waals surface area contributed by atoms with Gasteiger partial charge in [-0.1, -0.05) is 27.7 Å². The van der Waals surface area contributed by atoms with Crippen molar-refractivity contribution < 1.29 is 45.6 Å². The monoisotopic (exact) mass is 540 g/mol. The second kappa shape index (κ2) is 16.1. The minimum absolute atomic E-state index is 0.122. The Morgan fingerprint density at radius 2 is 0.800 bits per heavy atom. The van der Waals surface area contributed by atoms with Crippen LogP contribution in [0.2, 0.25) is 10.1 Å². The highest BCUT2D eigenvalue weighted by Gasteiger charge is 2.58. The molecule has 208 valence electrons. The third-order valence-corrected chi connectivity index (χ3v) is 15.3. The number of hydrogen-bond donors (Lipinski definition) is 0. The fourth-order valence-corrected chi connectivity index (χ4v) is 11.3. The van der Waals surface area contributed by atoms with Crippen LogP contribution < -0.4 is 0 Å². The molecule has 12 heteroatoms. The zero-order valence-electron chi connectivity index (χ0n) is 23.4. The summed E-state index contributed by atoms with van der Waals surface area (Å²) in [5.74, 6) is -1.27. The van der Waals surface area contributed by atoms with E-state index in [9.17, 15) is 9.59 Å². The normalized spacial score (nSPS) is 13.1. The summed E-state index contributed by atoms with van der Waals surface area (Å²) in [7, 11) is 3.49. The van der Waals surface area contributed by atoms with E-state index in [0.717, 1.165) is 25.7 Å². The Labute approximate surface area is 214 Å². The van der Waals surface area contributed by atoms with Crippen LogP contribution >= 0.6 is 0 Å². The number of hydrogen-bond acceptors (Lipinski definition) is 10. The van der Waals surface area contributed by atoms with Crippen LogP contribution in [0, 0.1) is 0 Å². The molecule has 0 amide bonds. The first-order valence-electron chi connectivity index (χ1n) is 12.2. The van der Waals surface area contributed by atoms with Gasteiger partial charge in [0.25, 0.3) is 0 Å². The summed E-state index contributed by atoms with van der Waals surface area (Å²) >= 11 is 0. The Bertz CT molecular complexity index is 547. The molecular weight excluding hydrogens is 492 g/mol. The first-order chi connectivity index (χ1) is 16.6. The maximum atomic E-state index is 12.3. The molecule has 0 radical (unpaired) electrons. The summed E-state index contributed by atoms with van der Waals surface area (Å²) in [6.07, 6.45) is 3.46. The third-order valence-electron chi connectivity index (χ3n) is 7.59. The van der Waals surface area contributed by atoms with Gasteiger partial charge in [-0.25, -0.2) is 0 Å². The Balaban J connectivity index is 4.95. The topological polar surface area (TPSA) is 108 Å². The van der Waals surface area contributed by atoms with Crippen LogP contribution in [0.25, 0.3) is 0 Å². The highest BCUT2D eigenvalue weighted by Crippen LogP contribution is 2.50. The molecule has 0 atom stereocenters. The van der Waals surface area contributed by atoms with Crippen molar-refractivity contribution >= 4 is 29.5 Å². The smallest absolute Gasteiger partial charge is 0.465 e. The largest absolute Gasteiger partial charge is 0.506 e. The minimum atomic E-state index is -2.98. The molecule has 0 aliphatic heterocycles. The average Bonchev–Trinajstić information content (AvgIpc) is 2.88. The molecular formula is C23H48O10Si2. The summed E-state index contributed by atoms with van der Waals surface area (Å²) < 4.78 is 44.9. The summed E-state index contributed by atoms with van der Waals surface area (Å²) in [6, 6.07) is 0. The van der Waals surface area contributed by atoms with Crippen molar-refractivity contribution in [3.8, 4) is 0 Å². The molecule has 0 aliphatic carbocycles. The van der Waals surface area contributed by atoms with E-state index in [4.69, 9.17) is 36.0 Å². The Hall–Kier alpha value is -0.866. The van der Waals surface area contributed by atoms with E-state index in [1.165, 1.54) is 0 Å². The van der Waals surface area contributed by atoms with Crippen molar-refractivity contribution in [3.63, 3.8) is 0 Å². The van der Waals surface area contributed by atoms with Crippen molar-refractivity contribution in [1.29, 1.82) is 0 Å². The van der Waals surface area contributed by atoms with Gasteiger partial charge >= 0.3 is 29.5 Å². The van der Waals surface area contributed by atoms with Crippen molar-refractivity contribution in [2.45, 2.75) is 82.7 Å². The Morgan fingerprint density at radius 1 is 0.543 bits per heavy atom. The first kappa shape index (κ1) is 34.1. The van der Waals surface area contributed by atoms with Crippen LogP contribution in [0.5, 0.6) is 0 Å². The zero-order chi connectivity index (χ0) is 27.2. The maximum absolute atomic E-state index is 12.3. The standard InChI is InChI=1S/C23H48O10Si2/c1-11-22(12-2,34(26-5,27-6)28-7)15-17-32-20(24)19-21(25)33-18-16-23(13-3,14-4)35(29-8,30-9)31-10/h11-19H2,1-10H3. The lowest BCUT2D eigenvalue weighted by Gasteiger charge is -2.42. The van der Waals surface area contributed by atoms with E-state index in [1.54, 1.807) is 42.7 Å². The maximum Gasteiger partial charge on any atom is 0.506 e. The van der Waals surface area contributed by atoms with Gasteiger partial charge in [-0.15, -0.1) is 0 Å². The van der Waals surface area contributed by atoms with Crippen molar-refractivity contribution in [3.05, 3.63) is 0 Å². The predicted octanol–water partition coefficient (Wildman–Crippen LogP) is 4.12. The lowest BCUT2D eigenvalue weighted by atomic mass is 9.98. The number of carbonyl (C=O) groups excluding carboxylic acids is 2. The second-order valence-electron chi connectivity index (χ2n) is 8.43. The van der Waals surface area contributed by atoms with Gasteiger partial charge in [0, 0.05) is 52.7 Å². The fraction of sp³-hybridized carbons (Fsp3) is 0.913. The molecule has 10 nitrogen and oxygen atoms in total. The SMILES string of the molecule is CCC(CC)(CCOC(=O)CC(=O)OCCC(CC)(CC)[Si](OC)(OC)OC)[Si](OC)(OC)OC. The number of rotatable bonds is 20. The molecule has 0 spiro atoms. The van der Waals surface area contributed by atoms with Crippen LogP contribution in [0.1, 0.15) is 72.6 Å². The molecule has 0 rings (SSSR count). The molecule has 35 heavy (non-hydrogen) atoms.